The highest BCUT2D eigenvalue weighted by atomic mass is 32.1. The molecule has 2 unspecified atom stereocenters. The number of methoxy groups -OCH3 is 1. The topological polar surface area (TPSA) is 55.2 Å². The van der Waals surface area contributed by atoms with Gasteiger partial charge in [0.25, 0.3) is 0 Å². The predicted molar refractivity (Wildman–Crippen MR) is 124 cm³/mol. The van der Waals surface area contributed by atoms with Crippen molar-refractivity contribution >= 4 is 23.0 Å². The number of hydrogen-bond acceptors (Lipinski definition) is 4. The van der Waals surface area contributed by atoms with Crippen LogP contribution in [0.25, 0.3) is 5.82 Å². The van der Waals surface area contributed by atoms with Gasteiger partial charge in [0, 0.05) is 24.3 Å². The van der Waals surface area contributed by atoms with Crippen LogP contribution in [-0.4, -0.2) is 26.8 Å². The van der Waals surface area contributed by atoms with Gasteiger partial charge in [-0.15, -0.1) is 0 Å². The third-order valence-corrected chi connectivity index (χ3v) is 5.74. The Morgan fingerprint density at radius 3 is 2.42 bits per heavy atom. The van der Waals surface area contributed by atoms with E-state index in [9.17, 15) is 0 Å². The number of para-hydroxylation sites is 2. The predicted octanol–water partition coefficient (Wildman–Crippen LogP) is 4.45. The number of thiocarbonyl (C=S) groups is 1. The molecule has 1 aliphatic heterocycles. The zero-order valence-corrected chi connectivity index (χ0v) is 17.7. The number of pyridine rings is 2. The molecule has 1 saturated heterocycles. The maximum atomic E-state index is 5.82. The first kappa shape index (κ1) is 19.3. The standard InChI is InChI=1S/C24H21N5OS/c1-30-20-12-3-2-10-18(20)29-23(22(27-24(29)31)17-9-4-6-14-25-17)19-11-8-16-28(19)21-13-5-7-15-26-21/h2-16,22-23H,1H3,(H,27,31). The molecule has 1 fully saturated rings. The van der Waals surface area contributed by atoms with Gasteiger partial charge >= 0.3 is 0 Å². The van der Waals surface area contributed by atoms with Gasteiger partial charge < -0.3 is 19.5 Å². The van der Waals surface area contributed by atoms with E-state index in [1.165, 1.54) is 0 Å². The lowest BCUT2D eigenvalue weighted by atomic mass is 10.0. The molecule has 6 nitrogen and oxygen atoms in total. The van der Waals surface area contributed by atoms with Crippen LogP contribution in [0.4, 0.5) is 5.69 Å². The van der Waals surface area contributed by atoms with E-state index in [-0.39, 0.29) is 12.1 Å². The fourth-order valence-electron chi connectivity index (χ4n) is 4.08. The number of anilines is 1. The van der Waals surface area contributed by atoms with E-state index in [0.717, 1.165) is 28.6 Å². The fourth-order valence-corrected chi connectivity index (χ4v) is 4.42. The van der Waals surface area contributed by atoms with Crippen LogP contribution < -0.4 is 15.0 Å². The van der Waals surface area contributed by atoms with Crippen molar-refractivity contribution in [1.29, 1.82) is 0 Å². The molecule has 31 heavy (non-hydrogen) atoms. The fraction of sp³-hybridized carbons (Fsp3) is 0.125. The second-order valence-corrected chi connectivity index (χ2v) is 7.55. The van der Waals surface area contributed by atoms with Gasteiger partial charge in [-0.05, 0) is 60.7 Å². The summed E-state index contributed by atoms with van der Waals surface area (Å²) in [6.45, 7) is 0. The lowest BCUT2D eigenvalue weighted by molar-refractivity contribution is 0.414. The normalized spacial score (nSPS) is 18.1. The number of aromatic nitrogens is 3. The Hall–Kier alpha value is -3.71. The second kappa shape index (κ2) is 8.20. The van der Waals surface area contributed by atoms with Crippen molar-refractivity contribution in [2.45, 2.75) is 12.1 Å². The van der Waals surface area contributed by atoms with Gasteiger partial charge in [-0.2, -0.15) is 0 Å². The summed E-state index contributed by atoms with van der Waals surface area (Å²) < 4.78 is 7.76. The molecule has 7 heteroatoms. The monoisotopic (exact) mass is 427 g/mol. The highest BCUT2D eigenvalue weighted by Gasteiger charge is 2.43. The molecule has 2 atom stereocenters. The highest BCUT2D eigenvalue weighted by Crippen LogP contribution is 2.44. The van der Waals surface area contributed by atoms with Crippen molar-refractivity contribution in [2.24, 2.45) is 0 Å². The molecule has 0 spiro atoms. The minimum Gasteiger partial charge on any atom is -0.495 e. The third kappa shape index (κ3) is 3.43. The molecule has 5 rings (SSSR count). The average molecular weight is 428 g/mol. The molecule has 4 heterocycles. The molecule has 154 valence electrons. The molecule has 0 radical (unpaired) electrons. The molecule has 1 aliphatic rings. The number of nitrogens with one attached hydrogen (secondary N) is 1. The van der Waals surface area contributed by atoms with Gasteiger partial charge in [-0.1, -0.05) is 24.3 Å². The molecule has 0 amide bonds. The Balaban J connectivity index is 1.69. The molecular formula is C24H21N5OS. The Morgan fingerprint density at radius 1 is 0.903 bits per heavy atom. The molecule has 0 bridgehead atoms. The van der Waals surface area contributed by atoms with E-state index in [0.29, 0.717) is 5.11 Å². The van der Waals surface area contributed by atoms with Crippen LogP contribution in [0.1, 0.15) is 23.5 Å². The maximum Gasteiger partial charge on any atom is 0.174 e. The van der Waals surface area contributed by atoms with Crippen LogP contribution in [0.3, 0.4) is 0 Å². The first-order chi connectivity index (χ1) is 15.3. The Labute approximate surface area is 186 Å². The zero-order valence-electron chi connectivity index (χ0n) is 16.9. The van der Waals surface area contributed by atoms with Crippen LogP contribution in [-0.2, 0) is 0 Å². The van der Waals surface area contributed by atoms with E-state index < -0.39 is 0 Å². The summed E-state index contributed by atoms with van der Waals surface area (Å²) in [6, 6.07) is 23.6. The summed E-state index contributed by atoms with van der Waals surface area (Å²) in [5, 5.41) is 4.12. The lowest BCUT2D eigenvalue weighted by Gasteiger charge is -2.29. The van der Waals surface area contributed by atoms with Crippen LogP contribution in [0.5, 0.6) is 5.75 Å². The van der Waals surface area contributed by atoms with Gasteiger partial charge in [-0.3, -0.25) is 4.98 Å². The molecule has 0 saturated carbocycles. The minimum atomic E-state index is -0.157. The summed E-state index contributed by atoms with van der Waals surface area (Å²) in [7, 11) is 1.67. The van der Waals surface area contributed by atoms with E-state index in [1.807, 2.05) is 72.9 Å². The Morgan fingerprint density at radius 2 is 1.68 bits per heavy atom. The molecule has 1 aromatic carbocycles. The van der Waals surface area contributed by atoms with Crippen molar-refractivity contribution in [3.8, 4) is 11.6 Å². The third-order valence-electron chi connectivity index (χ3n) is 5.42. The lowest BCUT2D eigenvalue weighted by Crippen LogP contribution is -2.30. The number of rotatable bonds is 5. The van der Waals surface area contributed by atoms with Gasteiger partial charge in [0.1, 0.15) is 17.6 Å². The summed E-state index contributed by atoms with van der Waals surface area (Å²) in [5.74, 6) is 1.61. The van der Waals surface area contributed by atoms with Crippen LogP contribution in [0, 0.1) is 0 Å². The second-order valence-electron chi connectivity index (χ2n) is 7.16. The maximum absolute atomic E-state index is 5.82. The van der Waals surface area contributed by atoms with Gasteiger partial charge in [0.2, 0.25) is 0 Å². The summed E-state index contributed by atoms with van der Waals surface area (Å²) in [4.78, 5) is 11.3. The van der Waals surface area contributed by atoms with Crippen molar-refractivity contribution in [2.75, 3.05) is 12.0 Å². The van der Waals surface area contributed by atoms with Crippen molar-refractivity contribution in [3.05, 3.63) is 103 Å². The van der Waals surface area contributed by atoms with Gasteiger partial charge in [0.05, 0.1) is 24.5 Å². The number of benzene rings is 1. The van der Waals surface area contributed by atoms with E-state index in [2.05, 4.69) is 30.8 Å². The van der Waals surface area contributed by atoms with Crippen molar-refractivity contribution in [1.82, 2.24) is 19.9 Å². The largest absolute Gasteiger partial charge is 0.495 e. The Kier molecular flexibility index (Phi) is 5.09. The number of ether oxygens (including phenoxy) is 1. The summed E-state index contributed by atoms with van der Waals surface area (Å²) in [6.07, 6.45) is 5.63. The molecule has 3 aromatic heterocycles. The highest BCUT2D eigenvalue weighted by molar-refractivity contribution is 7.80. The molecule has 4 aromatic rings. The zero-order chi connectivity index (χ0) is 21.2. The average Bonchev–Trinajstić information content (AvgIpc) is 3.44. The summed E-state index contributed by atoms with van der Waals surface area (Å²) >= 11 is 5.82. The Bertz CT molecular complexity index is 1190. The number of nitrogens with zero attached hydrogens (tertiary/aromatic N) is 4. The molecular weight excluding hydrogens is 406 g/mol. The van der Waals surface area contributed by atoms with Gasteiger partial charge in [-0.25, -0.2) is 4.98 Å². The number of hydrogen-bond donors (Lipinski definition) is 1. The molecule has 1 N–H and O–H groups in total. The minimum absolute atomic E-state index is 0.143. The molecule has 0 aliphatic carbocycles. The van der Waals surface area contributed by atoms with E-state index >= 15 is 0 Å². The van der Waals surface area contributed by atoms with Gasteiger partial charge in [0.15, 0.2) is 5.11 Å². The van der Waals surface area contributed by atoms with Crippen molar-refractivity contribution < 1.29 is 4.74 Å². The first-order valence-corrected chi connectivity index (χ1v) is 10.4. The van der Waals surface area contributed by atoms with Crippen LogP contribution in [0.15, 0.2) is 91.4 Å². The van der Waals surface area contributed by atoms with Crippen LogP contribution in [0.2, 0.25) is 0 Å². The SMILES string of the molecule is COc1ccccc1N1C(=S)NC(c2ccccn2)C1c1cccn1-c1ccccn1. The quantitative estimate of drug-likeness (QED) is 0.475. The van der Waals surface area contributed by atoms with E-state index in [1.54, 1.807) is 19.5 Å². The summed E-state index contributed by atoms with van der Waals surface area (Å²) in [5.41, 5.74) is 2.87. The van der Waals surface area contributed by atoms with Crippen LogP contribution >= 0.6 is 12.2 Å². The van der Waals surface area contributed by atoms with Crippen molar-refractivity contribution in [3.63, 3.8) is 0 Å². The smallest absolute Gasteiger partial charge is 0.174 e. The van der Waals surface area contributed by atoms with E-state index in [4.69, 9.17) is 17.0 Å². The first-order valence-electron chi connectivity index (χ1n) is 10.0.